The van der Waals surface area contributed by atoms with Gasteiger partial charge in [-0.05, 0) is 23.8 Å². The fraction of sp³-hybridized carbons (Fsp3) is 0.188. The van der Waals surface area contributed by atoms with Crippen LogP contribution < -0.4 is 5.56 Å². The highest BCUT2D eigenvalue weighted by Gasteiger charge is 2.46. The molecule has 0 atom stereocenters. The number of benzene rings is 1. The molecule has 0 aliphatic carbocycles. The Kier molecular flexibility index (Phi) is 4.05. The number of carbonyl (C=O) groups excluding carboxylic acids is 1. The largest absolute Gasteiger partial charge is 0.326 e. The summed E-state index contributed by atoms with van der Waals surface area (Å²) in [6, 6.07) is 5.96. The Morgan fingerprint density at radius 3 is 2.52 bits per heavy atom. The van der Waals surface area contributed by atoms with Crippen LogP contribution in [0.5, 0.6) is 0 Å². The first kappa shape index (κ1) is 17.0. The van der Waals surface area contributed by atoms with Crippen molar-refractivity contribution in [2.45, 2.75) is 5.92 Å². The lowest BCUT2D eigenvalue weighted by molar-refractivity contribution is -0.113. The number of hydrogen-bond donors (Lipinski definition) is 1. The summed E-state index contributed by atoms with van der Waals surface area (Å²) in [6.45, 7) is -1.58. The molecule has 1 N–H and O–H groups in total. The summed E-state index contributed by atoms with van der Waals surface area (Å²) in [6.07, 6.45) is 0. The Balaban J connectivity index is 2.16. The van der Waals surface area contributed by atoms with Gasteiger partial charge in [0.15, 0.2) is 0 Å². The Morgan fingerprint density at radius 2 is 1.96 bits per heavy atom. The summed E-state index contributed by atoms with van der Waals surface area (Å²) in [4.78, 5) is 27.2. The summed E-state index contributed by atoms with van der Waals surface area (Å²) in [5.74, 6) is -4.78. The molecule has 1 fully saturated rings. The van der Waals surface area contributed by atoms with Crippen LogP contribution in [0.25, 0.3) is 11.1 Å². The molecule has 5 nitrogen and oxygen atoms in total. The van der Waals surface area contributed by atoms with Crippen LogP contribution in [0.4, 0.5) is 13.2 Å². The molecule has 0 bridgehead atoms. The van der Waals surface area contributed by atoms with E-state index in [2.05, 4.69) is 4.98 Å². The number of likely N-dealkylation sites (tertiary alicyclic amines) is 1. The zero-order valence-corrected chi connectivity index (χ0v) is 13.2. The number of aromatic amines is 1. The number of hydrogen-bond acceptors (Lipinski definition) is 3. The maximum atomic E-state index is 14.5. The van der Waals surface area contributed by atoms with Gasteiger partial charge in [0.1, 0.15) is 11.0 Å². The number of H-pyrrole nitrogens is 1. The summed E-state index contributed by atoms with van der Waals surface area (Å²) in [5, 5.41) is 8.89. The number of nitriles is 1. The Hall–Kier alpha value is -2.79. The van der Waals surface area contributed by atoms with Gasteiger partial charge < -0.3 is 9.88 Å². The van der Waals surface area contributed by atoms with Crippen LogP contribution in [0.15, 0.2) is 29.1 Å². The molecule has 0 radical (unpaired) electrons. The van der Waals surface area contributed by atoms with E-state index in [-0.39, 0.29) is 27.4 Å². The van der Waals surface area contributed by atoms with Gasteiger partial charge in [-0.25, -0.2) is 13.2 Å². The van der Waals surface area contributed by atoms with Crippen LogP contribution in [0, 0.1) is 17.1 Å². The number of aromatic nitrogens is 1. The van der Waals surface area contributed by atoms with E-state index in [1.165, 1.54) is 6.07 Å². The van der Waals surface area contributed by atoms with E-state index in [0.29, 0.717) is 0 Å². The maximum Gasteiger partial charge on any atom is 0.282 e. The third-order valence-electron chi connectivity index (χ3n) is 3.68. The summed E-state index contributed by atoms with van der Waals surface area (Å²) in [7, 11) is 0. The van der Waals surface area contributed by atoms with Crippen LogP contribution in [0.2, 0.25) is 5.15 Å². The number of carbonyl (C=O) groups is 1. The van der Waals surface area contributed by atoms with E-state index in [4.69, 9.17) is 16.9 Å². The normalized spacial score (nSPS) is 15.4. The number of alkyl halides is 2. The van der Waals surface area contributed by atoms with Gasteiger partial charge in [0.05, 0.1) is 30.3 Å². The van der Waals surface area contributed by atoms with Crippen molar-refractivity contribution in [3.8, 4) is 17.2 Å². The SMILES string of the molecule is N#Cc1cc(F)c(-c2cc(Cl)[nH]c(=O)c2)c(C(=O)N2CC(F)(F)C2)c1. The Labute approximate surface area is 144 Å². The molecule has 1 saturated heterocycles. The molecule has 1 aromatic carbocycles. The molecule has 128 valence electrons. The van der Waals surface area contributed by atoms with Crippen molar-refractivity contribution in [3.05, 3.63) is 56.7 Å². The number of pyridine rings is 1. The minimum absolute atomic E-state index is 0.00590. The molecule has 2 aromatic rings. The van der Waals surface area contributed by atoms with E-state index in [1.807, 2.05) is 0 Å². The van der Waals surface area contributed by atoms with Gasteiger partial charge in [-0.15, -0.1) is 0 Å². The van der Waals surface area contributed by atoms with E-state index in [1.54, 1.807) is 6.07 Å². The lowest BCUT2D eigenvalue weighted by Gasteiger charge is -2.39. The molecule has 0 saturated carbocycles. The quantitative estimate of drug-likeness (QED) is 0.829. The zero-order valence-electron chi connectivity index (χ0n) is 12.4. The second-order valence-electron chi connectivity index (χ2n) is 5.59. The number of rotatable bonds is 2. The van der Waals surface area contributed by atoms with Crippen molar-refractivity contribution in [3.63, 3.8) is 0 Å². The predicted molar refractivity (Wildman–Crippen MR) is 83.0 cm³/mol. The molecular formula is C16H9ClF3N3O2. The van der Waals surface area contributed by atoms with Crippen molar-refractivity contribution in [1.29, 1.82) is 5.26 Å². The molecular weight excluding hydrogens is 359 g/mol. The molecule has 0 spiro atoms. The summed E-state index contributed by atoms with van der Waals surface area (Å²) in [5.41, 5.74) is -1.32. The van der Waals surface area contributed by atoms with Crippen LogP contribution in [0.1, 0.15) is 15.9 Å². The molecule has 1 aliphatic heterocycles. The predicted octanol–water partition coefficient (Wildman–Crippen LogP) is 2.80. The van der Waals surface area contributed by atoms with Gasteiger partial charge in [-0.2, -0.15) is 5.26 Å². The fourth-order valence-corrected chi connectivity index (χ4v) is 2.82. The summed E-state index contributed by atoms with van der Waals surface area (Å²) < 4.78 is 40.6. The molecule has 1 aromatic heterocycles. The lowest BCUT2D eigenvalue weighted by atomic mass is 9.95. The molecule has 9 heteroatoms. The van der Waals surface area contributed by atoms with Gasteiger partial charge in [0.2, 0.25) is 5.56 Å². The average molecular weight is 368 g/mol. The third kappa shape index (κ3) is 3.23. The Bertz CT molecular complexity index is 974. The minimum Gasteiger partial charge on any atom is -0.326 e. The standard InChI is InChI=1S/C16H9ClF3N3O2/c17-12-3-9(4-13(24)22-12)14-10(1-8(5-21)2-11(14)18)15(25)23-6-16(19,20)7-23/h1-4H,6-7H2,(H,22,24). The number of nitrogens with zero attached hydrogens (tertiary/aromatic N) is 2. The van der Waals surface area contributed by atoms with Crippen molar-refractivity contribution >= 4 is 17.5 Å². The van der Waals surface area contributed by atoms with Crippen molar-refractivity contribution < 1.29 is 18.0 Å². The van der Waals surface area contributed by atoms with Crippen LogP contribution in [0.3, 0.4) is 0 Å². The molecule has 2 heterocycles. The van der Waals surface area contributed by atoms with Gasteiger partial charge in [-0.1, -0.05) is 11.6 Å². The smallest absolute Gasteiger partial charge is 0.282 e. The highest BCUT2D eigenvalue weighted by Crippen LogP contribution is 2.33. The van der Waals surface area contributed by atoms with E-state index >= 15 is 0 Å². The van der Waals surface area contributed by atoms with Gasteiger partial charge in [0, 0.05) is 11.6 Å². The van der Waals surface area contributed by atoms with Crippen molar-refractivity contribution in [1.82, 2.24) is 9.88 Å². The molecule has 0 unspecified atom stereocenters. The highest BCUT2D eigenvalue weighted by molar-refractivity contribution is 6.29. The van der Waals surface area contributed by atoms with Gasteiger partial charge >= 0.3 is 0 Å². The highest BCUT2D eigenvalue weighted by atomic mass is 35.5. The number of nitrogens with one attached hydrogen (secondary N) is 1. The molecule has 3 rings (SSSR count). The second kappa shape index (κ2) is 5.93. The van der Waals surface area contributed by atoms with E-state index < -0.39 is 36.3 Å². The third-order valence-corrected chi connectivity index (χ3v) is 3.89. The molecule has 1 amide bonds. The first-order valence-electron chi connectivity index (χ1n) is 7.01. The van der Waals surface area contributed by atoms with Crippen LogP contribution in [-0.4, -0.2) is 34.8 Å². The van der Waals surface area contributed by atoms with Crippen molar-refractivity contribution in [2.75, 3.05) is 13.1 Å². The van der Waals surface area contributed by atoms with E-state index in [9.17, 15) is 22.8 Å². The lowest BCUT2D eigenvalue weighted by Crippen LogP contribution is -2.58. The maximum absolute atomic E-state index is 14.5. The molecule has 25 heavy (non-hydrogen) atoms. The van der Waals surface area contributed by atoms with Crippen molar-refractivity contribution in [2.24, 2.45) is 0 Å². The number of halogens is 4. The first-order valence-corrected chi connectivity index (χ1v) is 7.39. The second-order valence-corrected chi connectivity index (χ2v) is 6.00. The van der Waals surface area contributed by atoms with Gasteiger partial charge in [-0.3, -0.25) is 9.59 Å². The molecule has 1 aliphatic rings. The van der Waals surface area contributed by atoms with Crippen LogP contribution in [-0.2, 0) is 0 Å². The average Bonchev–Trinajstić information content (AvgIpc) is 2.49. The number of amides is 1. The van der Waals surface area contributed by atoms with E-state index in [0.717, 1.165) is 23.1 Å². The first-order chi connectivity index (χ1) is 11.7. The Morgan fingerprint density at radius 1 is 1.28 bits per heavy atom. The van der Waals surface area contributed by atoms with Crippen LogP contribution >= 0.6 is 11.6 Å². The summed E-state index contributed by atoms with van der Waals surface area (Å²) >= 11 is 5.76. The monoisotopic (exact) mass is 367 g/mol. The minimum atomic E-state index is -2.99. The fourth-order valence-electron chi connectivity index (χ4n) is 2.61. The zero-order chi connectivity index (χ0) is 18.4. The van der Waals surface area contributed by atoms with Gasteiger partial charge in [0.25, 0.3) is 11.8 Å². The topological polar surface area (TPSA) is 77.0 Å².